The molecular weight excluding hydrogens is 911 g/mol. The standard InChI is InChI=1S/C70H145N5/c1-6-11-16-21-26-31-36-41-46-51-57-71(56-50-45-40-35-30-25-20-15-10-5)63-65-73(60-54-49-44-39-34-29-24-19-14-9-4)67-68-75-62-55-61-74(69-70-75)66-64-72(58-52-47-42-37-32-27-22-17-12-7-2)59-53-48-43-38-33-28-23-18-13-8-3/h6-70H2,1-5H3. The lowest BCUT2D eigenvalue weighted by Gasteiger charge is -2.30. The third kappa shape index (κ3) is 52.9. The van der Waals surface area contributed by atoms with Crippen molar-refractivity contribution in [2.24, 2.45) is 0 Å². The van der Waals surface area contributed by atoms with E-state index in [1.807, 2.05) is 0 Å². The molecule has 0 spiro atoms. The van der Waals surface area contributed by atoms with Crippen LogP contribution in [0.1, 0.15) is 356 Å². The van der Waals surface area contributed by atoms with Gasteiger partial charge in [-0.25, -0.2) is 0 Å². The van der Waals surface area contributed by atoms with Crippen LogP contribution in [0.15, 0.2) is 0 Å². The largest absolute Gasteiger partial charge is 0.302 e. The van der Waals surface area contributed by atoms with Gasteiger partial charge in [-0.3, -0.25) is 0 Å². The maximum Gasteiger partial charge on any atom is 0.0110 e. The third-order valence-corrected chi connectivity index (χ3v) is 17.8. The van der Waals surface area contributed by atoms with Crippen molar-refractivity contribution in [3.63, 3.8) is 0 Å². The molecule has 5 nitrogen and oxygen atoms in total. The molecule has 0 aromatic heterocycles. The Bertz CT molecular complexity index is 1010. The second-order valence-electron chi connectivity index (χ2n) is 25.1. The lowest BCUT2D eigenvalue weighted by molar-refractivity contribution is 0.168. The zero-order valence-electron chi connectivity index (χ0n) is 53.2. The summed E-state index contributed by atoms with van der Waals surface area (Å²) < 4.78 is 0. The maximum atomic E-state index is 2.94. The molecule has 0 aliphatic carbocycles. The molecular formula is C70H145N5. The summed E-state index contributed by atoms with van der Waals surface area (Å²) >= 11 is 0. The predicted octanol–water partition coefficient (Wildman–Crippen LogP) is 21.1. The van der Waals surface area contributed by atoms with Gasteiger partial charge in [-0.05, 0) is 84.3 Å². The highest BCUT2D eigenvalue weighted by molar-refractivity contribution is 4.74. The van der Waals surface area contributed by atoms with E-state index in [1.54, 1.807) is 0 Å². The first-order valence-electron chi connectivity index (χ1n) is 35.8. The van der Waals surface area contributed by atoms with Crippen molar-refractivity contribution in [2.45, 2.75) is 356 Å². The van der Waals surface area contributed by atoms with E-state index < -0.39 is 0 Å². The van der Waals surface area contributed by atoms with Gasteiger partial charge in [0.25, 0.3) is 0 Å². The van der Waals surface area contributed by atoms with Gasteiger partial charge < -0.3 is 24.5 Å². The first-order chi connectivity index (χ1) is 37.2. The van der Waals surface area contributed by atoms with Crippen LogP contribution in [0.4, 0.5) is 0 Å². The molecule has 0 N–H and O–H groups in total. The van der Waals surface area contributed by atoms with Gasteiger partial charge in [0.2, 0.25) is 0 Å². The summed E-state index contributed by atoms with van der Waals surface area (Å²) in [6.07, 6.45) is 71.8. The van der Waals surface area contributed by atoms with Crippen LogP contribution in [0.5, 0.6) is 0 Å². The van der Waals surface area contributed by atoms with Crippen LogP contribution in [-0.4, -0.2) is 123 Å². The summed E-state index contributed by atoms with van der Waals surface area (Å²) in [4.78, 5) is 14.5. The van der Waals surface area contributed by atoms with E-state index >= 15 is 0 Å². The molecule has 1 rings (SSSR count). The average Bonchev–Trinajstić information content (AvgIpc) is 3.66. The minimum Gasteiger partial charge on any atom is -0.302 e. The van der Waals surface area contributed by atoms with Gasteiger partial charge in [0.05, 0.1) is 0 Å². The highest BCUT2D eigenvalue weighted by atomic mass is 15.3. The molecule has 0 amide bonds. The normalized spacial score (nSPS) is 13.9. The molecule has 0 saturated carbocycles. The number of rotatable bonds is 63. The molecule has 1 saturated heterocycles. The van der Waals surface area contributed by atoms with Crippen LogP contribution in [0.3, 0.4) is 0 Å². The number of unbranched alkanes of at least 4 members (excludes halogenated alkanes) is 44. The SMILES string of the molecule is CCCCCCCCCCCCN(CCCCCCCCCCC)CCN(CCCCCCCCCCCC)CCN1CCCN(CCN(CCCCCCCCCCCC)CCCCCCCCCCCC)CC1. The van der Waals surface area contributed by atoms with Crippen LogP contribution in [0.25, 0.3) is 0 Å². The van der Waals surface area contributed by atoms with Crippen molar-refractivity contribution in [3.05, 3.63) is 0 Å². The van der Waals surface area contributed by atoms with E-state index in [0.29, 0.717) is 0 Å². The Labute approximate surface area is 476 Å². The first kappa shape index (κ1) is 72.8. The van der Waals surface area contributed by atoms with Crippen molar-refractivity contribution < 1.29 is 0 Å². The molecule has 0 radical (unpaired) electrons. The van der Waals surface area contributed by atoms with Crippen LogP contribution >= 0.6 is 0 Å². The Morgan fingerprint density at radius 2 is 0.360 bits per heavy atom. The van der Waals surface area contributed by atoms with Crippen LogP contribution in [-0.2, 0) is 0 Å². The Morgan fingerprint density at radius 3 is 0.573 bits per heavy atom. The number of nitrogens with zero attached hydrogens (tertiary/aromatic N) is 5. The van der Waals surface area contributed by atoms with Crippen molar-refractivity contribution in [3.8, 4) is 0 Å². The summed E-state index contributed by atoms with van der Waals surface area (Å²) in [6, 6.07) is 0. The van der Waals surface area contributed by atoms with Crippen molar-refractivity contribution in [1.29, 1.82) is 0 Å². The molecule has 1 fully saturated rings. The van der Waals surface area contributed by atoms with Gasteiger partial charge in [-0.2, -0.15) is 0 Å². The zero-order chi connectivity index (χ0) is 53.8. The first-order valence-corrected chi connectivity index (χ1v) is 35.8. The van der Waals surface area contributed by atoms with Gasteiger partial charge in [-0.15, -0.1) is 0 Å². The van der Waals surface area contributed by atoms with E-state index in [0.717, 1.165) is 0 Å². The quantitative estimate of drug-likeness (QED) is 0.0563. The minimum absolute atomic E-state index is 1.27. The van der Waals surface area contributed by atoms with Crippen molar-refractivity contribution >= 4 is 0 Å². The van der Waals surface area contributed by atoms with Gasteiger partial charge in [-0.1, -0.05) is 317 Å². The fraction of sp³-hybridized carbons (Fsp3) is 1.00. The zero-order valence-corrected chi connectivity index (χ0v) is 53.2. The summed E-state index contributed by atoms with van der Waals surface area (Å²) in [5.74, 6) is 0. The van der Waals surface area contributed by atoms with Gasteiger partial charge in [0.1, 0.15) is 0 Å². The molecule has 0 bridgehead atoms. The Morgan fingerprint density at radius 1 is 0.187 bits per heavy atom. The lowest BCUT2D eigenvalue weighted by Crippen LogP contribution is -2.42. The molecule has 0 unspecified atom stereocenters. The fourth-order valence-corrected chi connectivity index (χ4v) is 12.3. The number of hydrogen-bond donors (Lipinski definition) is 0. The highest BCUT2D eigenvalue weighted by Gasteiger charge is 2.18. The summed E-state index contributed by atoms with van der Waals surface area (Å²) in [5.41, 5.74) is 0. The third-order valence-electron chi connectivity index (χ3n) is 17.8. The average molecular weight is 1060 g/mol. The maximum absolute atomic E-state index is 2.94. The summed E-state index contributed by atoms with van der Waals surface area (Å²) in [6.45, 7) is 31.1. The van der Waals surface area contributed by atoms with Crippen molar-refractivity contribution in [1.82, 2.24) is 24.5 Å². The van der Waals surface area contributed by atoms with Crippen LogP contribution in [0, 0.1) is 0 Å². The Hall–Kier alpha value is -0.200. The molecule has 75 heavy (non-hydrogen) atoms. The second-order valence-corrected chi connectivity index (χ2v) is 25.1. The molecule has 1 aliphatic heterocycles. The van der Waals surface area contributed by atoms with Crippen LogP contribution < -0.4 is 0 Å². The smallest absolute Gasteiger partial charge is 0.0110 e. The summed E-state index contributed by atoms with van der Waals surface area (Å²) in [7, 11) is 0. The van der Waals surface area contributed by atoms with E-state index in [9.17, 15) is 0 Å². The van der Waals surface area contributed by atoms with Crippen molar-refractivity contribution in [2.75, 3.05) is 98.2 Å². The molecule has 1 aliphatic rings. The second kappa shape index (κ2) is 61.4. The highest BCUT2D eigenvalue weighted by Crippen LogP contribution is 2.17. The molecule has 0 aromatic carbocycles. The molecule has 1 heterocycles. The molecule has 5 heteroatoms. The molecule has 0 aromatic rings. The van der Waals surface area contributed by atoms with E-state index in [-0.39, 0.29) is 0 Å². The topological polar surface area (TPSA) is 16.2 Å². The molecule has 0 atom stereocenters. The lowest BCUT2D eigenvalue weighted by atomic mass is 10.1. The van der Waals surface area contributed by atoms with E-state index in [1.165, 1.54) is 419 Å². The minimum atomic E-state index is 1.27. The van der Waals surface area contributed by atoms with Gasteiger partial charge in [0.15, 0.2) is 0 Å². The molecule has 450 valence electrons. The summed E-state index contributed by atoms with van der Waals surface area (Å²) in [5, 5.41) is 0. The monoisotopic (exact) mass is 1060 g/mol. The van der Waals surface area contributed by atoms with Crippen LogP contribution in [0.2, 0.25) is 0 Å². The van der Waals surface area contributed by atoms with Gasteiger partial charge >= 0.3 is 0 Å². The Balaban J connectivity index is 2.76. The van der Waals surface area contributed by atoms with E-state index in [2.05, 4.69) is 59.1 Å². The fourth-order valence-electron chi connectivity index (χ4n) is 12.3. The van der Waals surface area contributed by atoms with E-state index in [4.69, 9.17) is 0 Å². The predicted molar refractivity (Wildman–Crippen MR) is 341 cm³/mol. The number of hydrogen-bond acceptors (Lipinski definition) is 5. The Kier molecular flexibility index (Phi) is 59.6. The van der Waals surface area contributed by atoms with Gasteiger partial charge in [0, 0.05) is 52.4 Å².